The van der Waals surface area contributed by atoms with E-state index in [-0.39, 0.29) is 6.17 Å². The number of rotatable bonds is 1. The zero-order chi connectivity index (χ0) is 10.1. The maximum Gasteiger partial charge on any atom is 0.139 e. The maximum absolute atomic E-state index is 4.08. The van der Waals surface area contributed by atoms with Crippen LogP contribution in [0.5, 0.6) is 0 Å². The van der Waals surface area contributed by atoms with E-state index < -0.39 is 0 Å². The van der Waals surface area contributed by atoms with E-state index in [1.807, 2.05) is 17.1 Å². The molecule has 0 saturated carbocycles. The first kappa shape index (κ1) is 8.99. The van der Waals surface area contributed by atoms with Gasteiger partial charge < -0.3 is 0 Å². The van der Waals surface area contributed by atoms with Crippen molar-refractivity contribution < 1.29 is 0 Å². The second-order valence-electron chi connectivity index (χ2n) is 3.56. The van der Waals surface area contributed by atoms with E-state index in [1.165, 1.54) is 5.56 Å². The number of nitrogens with zero attached hydrogens (tertiary/aromatic N) is 4. The van der Waals surface area contributed by atoms with E-state index in [0.29, 0.717) is 0 Å². The van der Waals surface area contributed by atoms with Crippen LogP contribution in [0.15, 0.2) is 34.7 Å². The van der Waals surface area contributed by atoms with Crippen molar-refractivity contribution in [2.45, 2.75) is 20.0 Å². The van der Waals surface area contributed by atoms with Crippen molar-refractivity contribution in [3.05, 3.63) is 29.8 Å². The van der Waals surface area contributed by atoms with Gasteiger partial charge in [-0.2, -0.15) is 0 Å². The van der Waals surface area contributed by atoms with Crippen molar-refractivity contribution in [2.75, 3.05) is 12.1 Å². The summed E-state index contributed by atoms with van der Waals surface area (Å²) < 4.78 is 0. The molecule has 0 bridgehead atoms. The molecule has 1 heterocycles. The van der Waals surface area contributed by atoms with Crippen molar-refractivity contribution >= 4 is 5.69 Å². The van der Waals surface area contributed by atoms with Crippen LogP contribution in [0.25, 0.3) is 0 Å². The Bertz CT molecular complexity index is 344. The Morgan fingerprint density at radius 1 is 1.14 bits per heavy atom. The summed E-state index contributed by atoms with van der Waals surface area (Å²) in [6.45, 7) is 4.14. The van der Waals surface area contributed by atoms with Crippen LogP contribution in [0.2, 0.25) is 0 Å². The number of anilines is 1. The highest BCUT2D eigenvalue weighted by atomic mass is 15.8. The average molecular weight is 190 g/mol. The summed E-state index contributed by atoms with van der Waals surface area (Å²) in [5.74, 6) is 0. The molecular weight excluding hydrogens is 176 g/mol. The largest absolute Gasteiger partial charge is 0.256 e. The Morgan fingerprint density at radius 3 is 2.29 bits per heavy atom. The Morgan fingerprint density at radius 2 is 1.79 bits per heavy atom. The van der Waals surface area contributed by atoms with Gasteiger partial charge in [-0.15, -0.1) is 0 Å². The molecule has 1 atom stereocenters. The van der Waals surface area contributed by atoms with Crippen LogP contribution in [0, 0.1) is 6.92 Å². The molecule has 1 aliphatic heterocycles. The molecular formula is C10H14N4. The Hall–Kier alpha value is -1.58. The van der Waals surface area contributed by atoms with Gasteiger partial charge in [0.05, 0.1) is 5.69 Å². The predicted molar refractivity (Wildman–Crippen MR) is 55.7 cm³/mol. The summed E-state index contributed by atoms with van der Waals surface area (Å²) in [6.07, 6.45) is 0.192. The molecule has 1 unspecified atom stereocenters. The van der Waals surface area contributed by atoms with Gasteiger partial charge in [-0.25, -0.2) is 5.01 Å². The Labute approximate surface area is 83.8 Å². The van der Waals surface area contributed by atoms with Crippen molar-refractivity contribution in [1.82, 2.24) is 5.01 Å². The molecule has 74 valence electrons. The number of benzene rings is 1. The van der Waals surface area contributed by atoms with E-state index in [1.54, 1.807) is 0 Å². The second kappa shape index (κ2) is 3.29. The first-order chi connectivity index (χ1) is 6.68. The van der Waals surface area contributed by atoms with E-state index in [4.69, 9.17) is 0 Å². The van der Waals surface area contributed by atoms with Crippen LogP contribution >= 0.6 is 0 Å². The Kier molecular flexibility index (Phi) is 2.11. The summed E-state index contributed by atoms with van der Waals surface area (Å²) >= 11 is 0. The molecule has 0 spiro atoms. The molecule has 0 saturated heterocycles. The SMILES string of the molecule is Cc1ccc(N2N=NN(C)C2C)cc1. The van der Waals surface area contributed by atoms with E-state index in [9.17, 15) is 0 Å². The minimum absolute atomic E-state index is 0.192. The number of hydrogen-bond acceptors (Lipinski definition) is 4. The van der Waals surface area contributed by atoms with E-state index in [0.717, 1.165) is 5.69 Å². The molecule has 4 nitrogen and oxygen atoms in total. The fourth-order valence-electron chi connectivity index (χ4n) is 1.38. The van der Waals surface area contributed by atoms with Gasteiger partial charge in [0.25, 0.3) is 0 Å². The highest BCUT2D eigenvalue weighted by molar-refractivity contribution is 5.47. The topological polar surface area (TPSA) is 31.2 Å². The summed E-state index contributed by atoms with van der Waals surface area (Å²) in [5, 5.41) is 11.8. The molecule has 1 aromatic rings. The van der Waals surface area contributed by atoms with Crippen molar-refractivity contribution in [2.24, 2.45) is 10.4 Å². The molecule has 0 aliphatic carbocycles. The standard InChI is InChI=1S/C10H14N4/c1-8-4-6-10(7-5-8)14-9(2)13(3)11-12-14/h4-7,9H,1-3H3. The van der Waals surface area contributed by atoms with E-state index in [2.05, 4.69) is 48.6 Å². The summed E-state index contributed by atoms with van der Waals surface area (Å²) in [5.41, 5.74) is 2.34. The molecule has 0 radical (unpaired) electrons. The molecule has 0 fully saturated rings. The zero-order valence-corrected chi connectivity index (χ0v) is 8.68. The quantitative estimate of drug-likeness (QED) is 0.680. The second-order valence-corrected chi connectivity index (χ2v) is 3.56. The van der Waals surface area contributed by atoms with Gasteiger partial charge in [0.2, 0.25) is 0 Å². The zero-order valence-electron chi connectivity index (χ0n) is 8.68. The molecule has 0 amide bonds. The molecule has 4 heteroatoms. The lowest BCUT2D eigenvalue weighted by molar-refractivity contribution is 0.303. The van der Waals surface area contributed by atoms with Crippen molar-refractivity contribution in [3.63, 3.8) is 0 Å². The third-order valence-corrected chi connectivity index (χ3v) is 2.47. The van der Waals surface area contributed by atoms with Gasteiger partial charge >= 0.3 is 0 Å². The molecule has 0 aromatic heterocycles. The molecule has 2 rings (SSSR count). The smallest absolute Gasteiger partial charge is 0.139 e. The van der Waals surface area contributed by atoms with Gasteiger partial charge in [0.1, 0.15) is 6.17 Å². The van der Waals surface area contributed by atoms with Crippen molar-refractivity contribution in [3.8, 4) is 0 Å². The van der Waals surface area contributed by atoms with Crippen LogP contribution < -0.4 is 5.01 Å². The lowest BCUT2D eigenvalue weighted by Gasteiger charge is -2.21. The highest BCUT2D eigenvalue weighted by Gasteiger charge is 2.23. The first-order valence-electron chi connectivity index (χ1n) is 4.69. The first-order valence-corrected chi connectivity index (χ1v) is 4.69. The van der Waals surface area contributed by atoms with Crippen LogP contribution in [0.1, 0.15) is 12.5 Å². The van der Waals surface area contributed by atoms with Crippen LogP contribution in [-0.2, 0) is 0 Å². The minimum Gasteiger partial charge on any atom is -0.256 e. The Balaban J connectivity index is 2.24. The third-order valence-electron chi connectivity index (χ3n) is 2.47. The average Bonchev–Trinajstić information content (AvgIpc) is 2.50. The molecule has 1 aromatic carbocycles. The van der Waals surface area contributed by atoms with Gasteiger partial charge in [-0.05, 0) is 31.2 Å². The molecule has 14 heavy (non-hydrogen) atoms. The number of hydrogen-bond donors (Lipinski definition) is 0. The maximum atomic E-state index is 4.08. The lowest BCUT2D eigenvalue weighted by Crippen LogP contribution is -2.33. The third kappa shape index (κ3) is 1.43. The lowest BCUT2D eigenvalue weighted by atomic mass is 10.2. The van der Waals surface area contributed by atoms with Crippen LogP contribution in [-0.4, -0.2) is 18.2 Å². The van der Waals surface area contributed by atoms with Gasteiger partial charge in [0.15, 0.2) is 0 Å². The predicted octanol–water partition coefficient (Wildman–Crippen LogP) is 2.38. The minimum atomic E-state index is 0.192. The summed E-state index contributed by atoms with van der Waals surface area (Å²) in [4.78, 5) is 0. The van der Waals surface area contributed by atoms with Gasteiger partial charge in [0, 0.05) is 7.05 Å². The van der Waals surface area contributed by atoms with Crippen LogP contribution in [0.3, 0.4) is 0 Å². The molecule has 1 aliphatic rings. The van der Waals surface area contributed by atoms with E-state index >= 15 is 0 Å². The summed E-state index contributed by atoms with van der Waals surface area (Å²) in [7, 11) is 1.92. The fraction of sp³-hybridized carbons (Fsp3) is 0.400. The highest BCUT2D eigenvalue weighted by Crippen LogP contribution is 2.23. The fourth-order valence-corrected chi connectivity index (χ4v) is 1.38. The molecule has 0 N–H and O–H groups in total. The monoisotopic (exact) mass is 190 g/mol. The van der Waals surface area contributed by atoms with Crippen LogP contribution in [0.4, 0.5) is 5.69 Å². The van der Waals surface area contributed by atoms with Gasteiger partial charge in [-0.1, -0.05) is 22.9 Å². The summed E-state index contributed by atoms with van der Waals surface area (Å²) in [6, 6.07) is 8.28. The number of aryl methyl sites for hydroxylation is 1. The van der Waals surface area contributed by atoms with Gasteiger partial charge in [-0.3, -0.25) is 5.01 Å². The normalized spacial score (nSPS) is 20.6. The van der Waals surface area contributed by atoms with Crippen molar-refractivity contribution in [1.29, 1.82) is 0 Å².